The van der Waals surface area contributed by atoms with Gasteiger partial charge in [0.25, 0.3) is 0 Å². The topological polar surface area (TPSA) is 24.7 Å². The Bertz CT molecular complexity index is 1270. The number of benzene rings is 3. The molecule has 0 aliphatic carbocycles. The molecule has 0 atom stereocenters. The molecule has 0 bridgehead atoms. The summed E-state index contributed by atoms with van der Waals surface area (Å²) in [6.07, 6.45) is 14.9. The predicted octanol–water partition coefficient (Wildman–Crippen LogP) is 12.8. The molecule has 3 aromatic carbocycles. The molecule has 0 fully saturated rings. The van der Waals surface area contributed by atoms with Crippen molar-refractivity contribution in [2.24, 2.45) is 9.98 Å². The van der Waals surface area contributed by atoms with Gasteiger partial charge in [-0.15, -0.1) is 0 Å². The van der Waals surface area contributed by atoms with Crippen molar-refractivity contribution in [2.75, 3.05) is 0 Å². The first-order chi connectivity index (χ1) is 20.5. The van der Waals surface area contributed by atoms with Gasteiger partial charge in [0.1, 0.15) is 0 Å². The molecule has 42 heavy (non-hydrogen) atoms. The molecule has 232 valence electrons. The summed E-state index contributed by atoms with van der Waals surface area (Å²) in [7, 11) is 0. The fourth-order valence-corrected chi connectivity index (χ4v) is 5.52. The average Bonchev–Trinajstić information content (AvgIpc) is 3.01. The van der Waals surface area contributed by atoms with E-state index in [0.717, 1.165) is 42.8 Å². The SMILES string of the molecule is CCCCCCc1c(C)cc(N=C(C=Nc2cc(CC)c(CC)c(-c3ccccc3)c2)CC)cc1CCCC.[Br][Pd][Br]. The first-order valence-corrected chi connectivity index (χ1v) is 22.8. The summed E-state index contributed by atoms with van der Waals surface area (Å²) in [6.45, 7) is 13.5. The third-order valence-electron chi connectivity index (χ3n) is 7.77. The number of nitrogens with zero attached hydrogens (tertiary/aromatic N) is 2. The first kappa shape index (κ1) is 36.8. The van der Waals surface area contributed by atoms with Crippen molar-refractivity contribution in [3.63, 3.8) is 0 Å². The van der Waals surface area contributed by atoms with Crippen LogP contribution in [0.15, 0.2) is 64.6 Å². The number of unbranched alkanes of at least 4 members (excludes halogenated alkanes) is 4. The van der Waals surface area contributed by atoms with Crippen LogP contribution >= 0.6 is 26.9 Å². The molecule has 0 saturated carbocycles. The summed E-state index contributed by atoms with van der Waals surface area (Å²) in [6, 6.07) is 19.9. The van der Waals surface area contributed by atoms with Gasteiger partial charge in [0, 0.05) is 6.21 Å². The molecule has 0 heterocycles. The number of aliphatic imine (C=N–C) groups is 2. The van der Waals surface area contributed by atoms with Gasteiger partial charge in [0.15, 0.2) is 0 Å². The molecular formula is C37H50Br2N2Pd. The van der Waals surface area contributed by atoms with Gasteiger partial charge in [0.2, 0.25) is 0 Å². The fourth-order valence-electron chi connectivity index (χ4n) is 5.52. The van der Waals surface area contributed by atoms with Gasteiger partial charge in [-0.05, 0) is 115 Å². The van der Waals surface area contributed by atoms with Crippen LogP contribution < -0.4 is 0 Å². The summed E-state index contributed by atoms with van der Waals surface area (Å²) < 4.78 is 0. The van der Waals surface area contributed by atoms with Gasteiger partial charge in [-0.1, -0.05) is 90.6 Å². The van der Waals surface area contributed by atoms with Gasteiger partial charge >= 0.3 is 40.8 Å². The van der Waals surface area contributed by atoms with Crippen molar-refractivity contribution < 1.29 is 13.9 Å². The zero-order valence-electron chi connectivity index (χ0n) is 26.5. The summed E-state index contributed by atoms with van der Waals surface area (Å²) in [4.78, 5) is 10.1. The van der Waals surface area contributed by atoms with E-state index in [1.54, 1.807) is 5.56 Å². The Balaban J connectivity index is 0.00000197. The van der Waals surface area contributed by atoms with E-state index in [2.05, 4.69) is 123 Å². The normalized spacial score (nSPS) is 11.7. The second-order valence-corrected chi connectivity index (χ2v) is 17.9. The quantitative estimate of drug-likeness (QED) is 0.0832. The molecule has 0 aliphatic rings. The molecule has 0 aliphatic heterocycles. The molecule has 0 radical (unpaired) electrons. The number of halogens is 2. The van der Waals surface area contributed by atoms with Gasteiger partial charge in [0.05, 0.1) is 17.1 Å². The molecule has 5 heteroatoms. The van der Waals surface area contributed by atoms with Crippen LogP contribution in [0.1, 0.15) is 107 Å². The van der Waals surface area contributed by atoms with Crippen LogP contribution in [0.25, 0.3) is 11.1 Å². The standard InChI is InChI=1S/C37H50N2.2BrH.Pd/c1-7-12-14-18-22-36-28(6)23-34(25-31(36)19-13-8-2)39-32(10-4)27-38-33-24-29(9-3)35(11-5)37(26-33)30-20-16-15-17-21-30;;;/h15-17,20-21,23-27H,7-14,18-19,22H2,1-6H3;2*1H;/q;;;+2/p-2. The van der Waals surface area contributed by atoms with Gasteiger partial charge in [-0.25, -0.2) is 0 Å². The van der Waals surface area contributed by atoms with E-state index in [1.165, 1.54) is 78.3 Å². The Labute approximate surface area is 277 Å². The van der Waals surface area contributed by atoms with E-state index in [4.69, 9.17) is 9.98 Å². The molecule has 0 aromatic heterocycles. The predicted molar refractivity (Wildman–Crippen MR) is 192 cm³/mol. The van der Waals surface area contributed by atoms with Crippen molar-refractivity contribution in [1.82, 2.24) is 0 Å². The van der Waals surface area contributed by atoms with Gasteiger partial charge in [-0.2, -0.15) is 0 Å². The van der Waals surface area contributed by atoms with Crippen LogP contribution in [0.3, 0.4) is 0 Å². The molecule has 0 saturated heterocycles. The van der Waals surface area contributed by atoms with Crippen molar-refractivity contribution in [1.29, 1.82) is 0 Å². The number of hydrogen-bond acceptors (Lipinski definition) is 2. The van der Waals surface area contributed by atoms with Crippen molar-refractivity contribution in [2.45, 2.75) is 112 Å². The minimum absolute atomic E-state index is 0.575. The van der Waals surface area contributed by atoms with Crippen LogP contribution in [0.5, 0.6) is 0 Å². The molecule has 2 nitrogen and oxygen atoms in total. The third kappa shape index (κ3) is 12.0. The monoisotopic (exact) mass is 786 g/mol. The van der Waals surface area contributed by atoms with Crippen molar-refractivity contribution >= 4 is 50.2 Å². The van der Waals surface area contributed by atoms with Gasteiger partial charge in [-0.3, -0.25) is 9.98 Å². The maximum atomic E-state index is 5.10. The Hall–Kier alpha value is -1.38. The summed E-state index contributed by atoms with van der Waals surface area (Å²) in [5, 5.41) is 0. The van der Waals surface area contributed by atoms with Crippen molar-refractivity contribution in [3.8, 4) is 11.1 Å². The molecular weight excluding hydrogens is 739 g/mol. The second-order valence-electron chi connectivity index (χ2n) is 10.8. The number of hydrogen-bond donors (Lipinski definition) is 0. The van der Waals surface area contributed by atoms with Crippen LogP contribution in [-0.4, -0.2) is 11.9 Å². The third-order valence-corrected chi connectivity index (χ3v) is 7.77. The van der Waals surface area contributed by atoms with Gasteiger partial charge < -0.3 is 0 Å². The minimum atomic E-state index is 0.575. The molecule has 0 spiro atoms. The molecule has 3 rings (SSSR count). The van der Waals surface area contributed by atoms with E-state index in [9.17, 15) is 0 Å². The number of aryl methyl sites for hydroxylation is 3. The Morgan fingerprint density at radius 2 is 1.43 bits per heavy atom. The van der Waals surface area contributed by atoms with E-state index in [1.807, 2.05) is 6.21 Å². The maximum absolute atomic E-state index is 5.10. The Morgan fingerprint density at radius 3 is 2.05 bits per heavy atom. The fraction of sp³-hybridized carbons (Fsp3) is 0.459. The van der Waals surface area contributed by atoms with Crippen molar-refractivity contribution in [3.05, 3.63) is 82.4 Å². The Kier molecular flexibility index (Phi) is 18.7. The molecule has 0 amide bonds. The molecule has 0 unspecified atom stereocenters. The van der Waals surface area contributed by atoms with Crippen LogP contribution in [0.2, 0.25) is 0 Å². The Morgan fingerprint density at radius 1 is 0.738 bits per heavy atom. The van der Waals surface area contributed by atoms with E-state index < -0.39 is 0 Å². The summed E-state index contributed by atoms with van der Waals surface area (Å²) >= 11 is 6.80. The van der Waals surface area contributed by atoms with Crippen LogP contribution in [0.4, 0.5) is 11.4 Å². The van der Waals surface area contributed by atoms with Crippen LogP contribution in [0, 0.1) is 6.92 Å². The molecule has 3 aromatic rings. The number of rotatable bonds is 15. The average molecular weight is 789 g/mol. The van der Waals surface area contributed by atoms with Crippen LogP contribution in [-0.2, 0) is 39.6 Å². The van der Waals surface area contributed by atoms with E-state index in [0.29, 0.717) is 13.9 Å². The second kappa shape index (κ2) is 21.3. The van der Waals surface area contributed by atoms with E-state index >= 15 is 0 Å². The summed E-state index contributed by atoms with van der Waals surface area (Å²) in [5.74, 6) is 0. The molecule has 0 N–H and O–H groups in total. The zero-order chi connectivity index (χ0) is 30.7. The first-order valence-electron chi connectivity index (χ1n) is 15.7. The summed E-state index contributed by atoms with van der Waals surface area (Å²) in [5.41, 5.74) is 12.9. The zero-order valence-corrected chi connectivity index (χ0v) is 31.2. The van der Waals surface area contributed by atoms with E-state index in [-0.39, 0.29) is 0 Å².